The van der Waals surface area contributed by atoms with Gasteiger partial charge in [-0.05, 0) is 24.3 Å². The van der Waals surface area contributed by atoms with E-state index >= 15 is 0 Å². The Hall–Kier alpha value is -2.37. The Morgan fingerprint density at radius 3 is 2.54 bits per heavy atom. The van der Waals surface area contributed by atoms with Crippen LogP contribution in [0.15, 0.2) is 30.3 Å². The molecule has 142 valence electrons. The number of carbonyl (C=O) groups excluding carboxylic acids is 2. The van der Waals surface area contributed by atoms with Crippen LogP contribution < -0.4 is 5.32 Å². The second kappa shape index (κ2) is 9.36. The van der Waals surface area contributed by atoms with Gasteiger partial charge in [-0.15, -0.1) is 0 Å². The van der Waals surface area contributed by atoms with Gasteiger partial charge < -0.3 is 15.3 Å². The van der Waals surface area contributed by atoms with Crippen molar-refractivity contribution in [2.45, 2.75) is 45.6 Å². The van der Waals surface area contributed by atoms with E-state index in [2.05, 4.69) is 5.32 Å². The van der Waals surface area contributed by atoms with Crippen molar-refractivity contribution in [1.29, 1.82) is 0 Å². The number of carboxylic acids is 1. The minimum absolute atomic E-state index is 0.0903. The zero-order valence-corrected chi connectivity index (χ0v) is 15.5. The van der Waals surface area contributed by atoms with Crippen LogP contribution in [0.25, 0.3) is 0 Å². The largest absolute Gasteiger partial charge is 0.481 e. The number of piperidine rings is 1. The highest BCUT2D eigenvalue weighted by Gasteiger charge is 2.35. The molecule has 3 unspecified atom stereocenters. The number of amides is 2. The van der Waals surface area contributed by atoms with Crippen LogP contribution in [0.1, 0.15) is 38.7 Å². The van der Waals surface area contributed by atoms with Crippen molar-refractivity contribution in [2.75, 3.05) is 13.1 Å². The number of rotatable bonds is 7. The molecule has 26 heavy (non-hydrogen) atoms. The Morgan fingerprint density at radius 2 is 1.96 bits per heavy atom. The molecular formula is C20H28N2O4. The van der Waals surface area contributed by atoms with Gasteiger partial charge in [0.2, 0.25) is 11.8 Å². The summed E-state index contributed by atoms with van der Waals surface area (Å²) in [4.78, 5) is 38.1. The summed E-state index contributed by atoms with van der Waals surface area (Å²) in [6.45, 7) is 4.68. The molecule has 2 N–H and O–H groups in total. The summed E-state index contributed by atoms with van der Waals surface area (Å²) in [5.74, 6) is -1.57. The molecule has 0 saturated carbocycles. The molecule has 2 amide bonds. The van der Waals surface area contributed by atoms with Crippen molar-refractivity contribution < 1.29 is 19.5 Å². The quantitative estimate of drug-likeness (QED) is 0.779. The first-order valence-electron chi connectivity index (χ1n) is 9.27. The molecule has 6 heteroatoms. The van der Waals surface area contributed by atoms with E-state index in [1.165, 1.54) is 0 Å². The molecule has 2 rings (SSSR count). The average Bonchev–Trinajstić information content (AvgIpc) is 2.61. The molecule has 3 atom stereocenters. The van der Waals surface area contributed by atoms with Crippen LogP contribution in [-0.2, 0) is 20.8 Å². The normalized spacial score (nSPS) is 21.1. The number of carbonyl (C=O) groups is 3. The fraction of sp³-hybridized carbons (Fsp3) is 0.550. The minimum Gasteiger partial charge on any atom is -0.481 e. The number of benzene rings is 1. The molecule has 6 nitrogen and oxygen atoms in total. The second-order valence-corrected chi connectivity index (χ2v) is 7.07. The minimum atomic E-state index is -0.800. The number of hydrogen-bond acceptors (Lipinski definition) is 3. The standard InChI is InChI=1S/C20H28N2O4/c1-3-7-17(21-18(23)12-15-8-5-4-6-9-15)19(24)22-11-10-16(20(25)26)14(2)13-22/h4-6,8-9,14,16-17H,3,7,10-13H2,1-2H3,(H,21,23)(H,25,26). The Morgan fingerprint density at radius 1 is 1.27 bits per heavy atom. The summed E-state index contributed by atoms with van der Waals surface area (Å²) in [7, 11) is 0. The highest BCUT2D eigenvalue weighted by molar-refractivity contribution is 5.88. The molecule has 1 fully saturated rings. The van der Waals surface area contributed by atoms with Crippen LogP contribution >= 0.6 is 0 Å². The Bertz CT molecular complexity index is 632. The Kier molecular flexibility index (Phi) is 7.18. The monoisotopic (exact) mass is 360 g/mol. The molecule has 0 bridgehead atoms. The van der Waals surface area contributed by atoms with E-state index in [9.17, 15) is 19.5 Å². The maximum absolute atomic E-state index is 12.9. The first-order chi connectivity index (χ1) is 12.4. The van der Waals surface area contributed by atoms with Crippen molar-refractivity contribution in [1.82, 2.24) is 10.2 Å². The van der Waals surface area contributed by atoms with Crippen LogP contribution in [-0.4, -0.2) is 46.9 Å². The summed E-state index contributed by atoms with van der Waals surface area (Å²) >= 11 is 0. The Labute approximate surface area is 154 Å². The second-order valence-electron chi connectivity index (χ2n) is 7.07. The molecule has 1 saturated heterocycles. The van der Waals surface area contributed by atoms with Gasteiger partial charge in [0.25, 0.3) is 0 Å². The smallest absolute Gasteiger partial charge is 0.306 e. The van der Waals surface area contributed by atoms with E-state index in [4.69, 9.17) is 0 Å². The van der Waals surface area contributed by atoms with Gasteiger partial charge in [-0.25, -0.2) is 0 Å². The van der Waals surface area contributed by atoms with Crippen LogP contribution in [0.3, 0.4) is 0 Å². The van der Waals surface area contributed by atoms with Crippen LogP contribution in [0.5, 0.6) is 0 Å². The van der Waals surface area contributed by atoms with Crippen molar-refractivity contribution in [3.05, 3.63) is 35.9 Å². The van der Waals surface area contributed by atoms with Crippen molar-refractivity contribution in [3.8, 4) is 0 Å². The van der Waals surface area contributed by atoms with Crippen molar-refractivity contribution in [3.63, 3.8) is 0 Å². The first kappa shape index (κ1) is 19.9. The van der Waals surface area contributed by atoms with Gasteiger partial charge in [-0.1, -0.05) is 50.6 Å². The van der Waals surface area contributed by atoms with Crippen LogP contribution in [0, 0.1) is 11.8 Å². The zero-order valence-electron chi connectivity index (χ0n) is 15.5. The Balaban J connectivity index is 1.96. The summed E-state index contributed by atoms with van der Waals surface area (Å²) < 4.78 is 0. The number of carboxylic acid groups (broad SMARTS) is 1. The maximum atomic E-state index is 12.9. The van der Waals surface area contributed by atoms with Crippen molar-refractivity contribution in [2.24, 2.45) is 11.8 Å². The van der Waals surface area contributed by atoms with E-state index < -0.39 is 17.9 Å². The number of likely N-dealkylation sites (tertiary alicyclic amines) is 1. The van der Waals surface area contributed by atoms with Gasteiger partial charge >= 0.3 is 5.97 Å². The van der Waals surface area contributed by atoms with E-state index in [0.29, 0.717) is 25.9 Å². The van der Waals surface area contributed by atoms with Gasteiger partial charge in [-0.2, -0.15) is 0 Å². The molecule has 0 spiro atoms. The maximum Gasteiger partial charge on any atom is 0.306 e. The summed E-state index contributed by atoms with van der Waals surface area (Å²) in [5, 5.41) is 12.1. The molecule has 1 aromatic carbocycles. The highest BCUT2D eigenvalue weighted by Crippen LogP contribution is 2.24. The molecule has 1 aliphatic rings. The molecular weight excluding hydrogens is 332 g/mol. The lowest BCUT2D eigenvalue weighted by Crippen LogP contribution is -2.53. The molecule has 1 aliphatic heterocycles. The fourth-order valence-corrected chi connectivity index (χ4v) is 3.51. The number of nitrogens with zero attached hydrogens (tertiary/aromatic N) is 1. The van der Waals surface area contributed by atoms with Gasteiger partial charge in [0.1, 0.15) is 6.04 Å². The third-order valence-corrected chi connectivity index (χ3v) is 4.95. The lowest BCUT2D eigenvalue weighted by atomic mass is 9.86. The molecule has 1 heterocycles. The average molecular weight is 360 g/mol. The predicted molar refractivity (Wildman–Crippen MR) is 98.5 cm³/mol. The van der Waals surface area contributed by atoms with E-state index in [1.54, 1.807) is 4.90 Å². The molecule has 0 radical (unpaired) electrons. The number of aliphatic carboxylic acids is 1. The third kappa shape index (κ3) is 5.31. The number of nitrogens with one attached hydrogen (secondary N) is 1. The lowest BCUT2D eigenvalue weighted by Gasteiger charge is -2.37. The molecule has 1 aromatic rings. The van der Waals surface area contributed by atoms with Gasteiger partial charge in [-0.3, -0.25) is 14.4 Å². The first-order valence-corrected chi connectivity index (χ1v) is 9.27. The van der Waals surface area contributed by atoms with E-state index in [-0.39, 0.29) is 24.2 Å². The van der Waals surface area contributed by atoms with Crippen LogP contribution in [0.4, 0.5) is 0 Å². The van der Waals surface area contributed by atoms with Gasteiger partial charge in [0.15, 0.2) is 0 Å². The topological polar surface area (TPSA) is 86.7 Å². The van der Waals surface area contributed by atoms with Crippen LogP contribution in [0.2, 0.25) is 0 Å². The summed E-state index contributed by atoms with van der Waals surface area (Å²) in [6, 6.07) is 8.87. The molecule has 0 aromatic heterocycles. The highest BCUT2D eigenvalue weighted by atomic mass is 16.4. The SMILES string of the molecule is CCCC(NC(=O)Cc1ccccc1)C(=O)N1CCC(C(=O)O)C(C)C1. The number of hydrogen-bond donors (Lipinski definition) is 2. The summed E-state index contributed by atoms with van der Waals surface area (Å²) in [5.41, 5.74) is 0.906. The van der Waals surface area contributed by atoms with Gasteiger partial charge in [0, 0.05) is 13.1 Å². The lowest BCUT2D eigenvalue weighted by molar-refractivity contribution is -0.149. The summed E-state index contributed by atoms with van der Waals surface area (Å²) in [6.07, 6.45) is 2.06. The van der Waals surface area contributed by atoms with Crippen molar-refractivity contribution >= 4 is 17.8 Å². The van der Waals surface area contributed by atoms with E-state index in [0.717, 1.165) is 12.0 Å². The fourth-order valence-electron chi connectivity index (χ4n) is 3.51. The zero-order chi connectivity index (χ0) is 19.1. The predicted octanol–water partition coefficient (Wildman–Crippen LogP) is 2.08. The molecule has 0 aliphatic carbocycles. The third-order valence-electron chi connectivity index (χ3n) is 4.95. The van der Waals surface area contributed by atoms with Gasteiger partial charge in [0.05, 0.1) is 12.3 Å². The van der Waals surface area contributed by atoms with E-state index in [1.807, 2.05) is 44.2 Å².